The lowest BCUT2D eigenvalue weighted by Crippen LogP contribution is -2.32. The van der Waals surface area contributed by atoms with E-state index in [4.69, 9.17) is 4.42 Å². The molecule has 2 amide bonds. The summed E-state index contributed by atoms with van der Waals surface area (Å²) in [6, 6.07) is 3.10. The molecule has 18 heavy (non-hydrogen) atoms. The molecular weight excluding hydrogens is 304 g/mol. The molecule has 2 rings (SSSR count). The van der Waals surface area contributed by atoms with Gasteiger partial charge in [0.2, 0.25) is 11.9 Å². The predicted octanol–water partition coefficient (Wildman–Crippen LogP) is 1.13. The number of furan rings is 1. The normalized spacial score (nSPS) is 10.1. The van der Waals surface area contributed by atoms with Gasteiger partial charge in [-0.1, -0.05) is 0 Å². The zero-order chi connectivity index (χ0) is 13.0. The Morgan fingerprint density at radius 3 is 2.89 bits per heavy atom. The molecule has 0 atom stereocenters. The molecule has 94 valence electrons. The first-order valence-electron chi connectivity index (χ1n) is 4.98. The molecule has 0 aliphatic carbocycles. The Bertz CT molecular complexity index is 549. The molecule has 0 spiro atoms. The van der Waals surface area contributed by atoms with E-state index >= 15 is 0 Å². The van der Waals surface area contributed by atoms with Gasteiger partial charge in [0, 0.05) is 12.4 Å². The van der Waals surface area contributed by atoms with Crippen LogP contribution >= 0.6 is 15.9 Å². The van der Waals surface area contributed by atoms with Crippen LogP contribution in [-0.2, 0) is 4.79 Å². The van der Waals surface area contributed by atoms with Gasteiger partial charge in [-0.3, -0.25) is 14.9 Å². The van der Waals surface area contributed by atoms with Crippen LogP contribution in [0.2, 0.25) is 0 Å². The first-order valence-corrected chi connectivity index (χ1v) is 5.77. The quantitative estimate of drug-likeness (QED) is 0.788. The van der Waals surface area contributed by atoms with Gasteiger partial charge in [-0.2, -0.15) is 0 Å². The van der Waals surface area contributed by atoms with Crippen molar-refractivity contribution >= 4 is 33.7 Å². The lowest BCUT2D eigenvalue weighted by molar-refractivity contribution is -0.115. The first-order chi connectivity index (χ1) is 8.65. The molecule has 0 unspecified atom stereocenters. The molecule has 7 nitrogen and oxygen atoms in total. The van der Waals surface area contributed by atoms with Crippen LogP contribution in [0.4, 0.5) is 5.95 Å². The van der Waals surface area contributed by atoms with Gasteiger partial charge in [0.25, 0.3) is 5.91 Å². The van der Waals surface area contributed by atoms with E-state index in [-0.39, 0.29) is 18.2 Å². The van der Waals surface area contributed by atoms with E-state index in [1.54, 1.807) is 12.3 Å². The molecule has 0 saturated heterocycles. The third-order valence-corrected chi connectivity index (χ3v) is 2.39. The number of nitrogens with zero attached hydrogens (tertiary/aromatic N) is 1. The summed E-state index contributed by atoms with van der Waals surface area (Å²) in [6.45, 7) is -0.169. The topological polar surface area (TPSA) is 100 Å². The van der Waals surface area contributed by atoms with E-state index in [2.05, 4.69) is 36.5 Å². The molecule has 0 bridgehead atoms. The van der Waals surface area contributed by atoms with E-state index in [9.17, 15) is 9.59 Å². The van der Waals surface area contributed by atoms with Crippen molar-refractivity contribution in [1.29, 1.82) is 0 Å². The van der Waals surface area contributed by atoms with Crippen LogP contribution in [0.1, 0.15) is 10.6 Å². The highest BCUT2D eigenvalue weighted by Gasteiger charge is 2.12. The number of aromatic nitrogens is 2. The van der Waals surface area contributed by atoms with Crippen LogP contribution in [0.15, 0.2) is 33.6 Å². The van der Waals surface area contributed by atoms with Crippen molar-refractivity contribution in [2.24, 2.45) is 0 Å². The summed E-state index contributed by atoms with van der Waals surface area (Å²) in [5, 5.41) is 4.89. The molecule has 0 aromatic carbocycles. The van der Waals surface area contributed by atoms with Crippen molar-refractivity contribution in [1.82, 2.24) is 15.3 Å². The average molecular weight is 313 g/mol. The maximum Gasteiger partial charge on any atom is 0.287 e. The monoisotopic (exact) mass is 312 g/mol. The number of rotatable bonds is 4. The number of carbonyl (C=O) groups excluding carboxylic acids is 2. The van der Waals surface area contributed by atoms with Gasteiger partial charge >= 0.3 is 0 Å². The van der Waals surface area contributed by atoms with E-state index in [0.717, 1.165) is 0 Å². The standard InChI is InChI=1S/C10H9BrN4O3/c11-7-2-1-6(18-7)9(17)14-5-8(16)15-10-12-3-4-13-10/h1-4H,5H2,(H,14,17)(H2,12,13,15,16). The van der Waals surface area contributed by atoms with E-state index < -0.39 is 5.91 Å². The van der Waals surface area contributed by atoms with Gasteiger partial charge in [-0.05, 0) is 28.1 Å². The molecule has 0 fully saturated rings. The summed E-state index contributed by atoms with van der Waals surface area (Å²) in [6.07, 6.45) is 3.09. The molecule has 8 heteroatoms. The molecular formula is C10H9BrN4O3. The van der Waals surface area contributed by atoms with Gasteiger partial charge in [0.05, 0.1) is 6.54 Å². The molecule has 2 aromatic rings. The molecule has 0 radical (unpaired) electrons. The number of anilines is 1. The fourth-order valence-electron chi connectivity index (χ4n) is 1.19. The lowest BCUT2D eigenvalue weighted by atomic mass is 10.4. The number of amides is 2. The minimum Gasteiger partial charge on any atom is -0.444 e. The number of carbonyl (C=O) groups is 2. The molecule has 2 aromatic heterocycles. The number of hydrogen-bond donors (Lipinski definition) is 3. The summed E-state index contributed by atoms with van der Waals surface area (Å²) in [5.41, 5.74) is 0. The molecule has 3 N–H and O–H groups in total. The second-order valence-electron chi connectivity index (χ2n) is 3.27. The van der Waals surface area contributed by atoms with Crippen molar-refractivity contribution < 1.29 is 14.0 Å². The van der Waals surface area contributed by atoms with Crippen LogP contribution in [-0.4, -0.2) is 28.3 Å². The maximum absolute atomic E-state index is 11.5. The second kappa shape index (κ2) is 5.50. The van der Waals surface area contributed by atoms with E-state index in [1.165, 1.54) is 12.3 Å². The number of halogens is 1. The minimum atomic E-state index is -0.463. The van der Waals surface area contributed by atoms with Gasteiger partial charge in [-0.25, -0.2) is 4.98 Å². The van der Waals surface area contributed by atoms with Gasteiger partial charge < -0.3 is 14.7 Å². The highest BCUT2D eigenvalue weighted by Crippen LogP contribution is 2.13. The van der Waals surface area contributed by atoms with Crippen LogP contribution in [0, 0.1) is 0 Å². The maximum atomic E-state index is 11.5. The summed E-state index contributed by atoms with van der Waals surface area (Å²) in [4.78, 5) is 29.5. The number of aromatic amines is 1. The Hall–Kier alpha value is -2.09. The third-order valence-electron chi connectivity index (χ3n) is 1.96. The van der Waals surface area contributed by atoms with Gasteiger partial charge in [0.15, 0.2) is 10.4 Å². The fraction of sp³-hybridized carbons (Fsp3) is 0.100. The SMILES string of the molecule is O=C(CNC(=O)c1ccc(Br)o1)Nc1ncc[nH]1. The highest BCUT2D eigenvalue weighted by molar-refractivity contribution is 9.10. The number of nitrogens with one attached hydrogen (secondary N) is 3. The zero-order valence-corrected chi connectivity index (χ0v) is 10.7. The zero-order valence-electron chi connectivity index (χ0n) is 9.07. The van der Waals surface area contributed by atoms with Crippen LogP contribution in [0.25, 0.3) is 0 Å². The minimum absolute atomic E-state index is 0.132. The molecule has 0 saturated carbocycles. The van der Waals surface area contributed by atoms with E-state index in [1.807, 2.05) is 0 Å². The predicted molar refractivity (Wildman–Crippen MR) is 66.0 cm³/mol. The number of hydrogen-bond acceptors (Lipinski definition) is 4. The Morgan fingerprint density at radius 1 is 1.44 bits per heavy atom. The van der Waals surface area contributed by atoms with Crippen molar-refractivity contribution in [3.63, 3.8) is 0 Å². The molecule has 0 aliphatic heterocycles. The van der Waals surface area contributed by atoms with Crippen molar-refractivity contribution in [3.8, 4) is 0 Å². The van der Waals surface area contributed by atoms with Crippen molar-refractivity contribution in [3.05, 3.63) is 35.0 Å². The lowest BCUT2D eigenvalue weighted by Gasteiger charge is -2.03. The van der Waals surface area contributed by atoms with Crippen molar-refractivity contribution in [2.75, 3.05) is 11.9 Å². The fourth-order valence-corrected chi connectivity index (χ4v) is 1.50. The highest BCUT2D eigenvalue weighted by atomic mass is 79.9. The Kier molecular flexibility index (Phi) is 3.78. The van der Waals surface area contributed by atoms with Gasteiger partial charge in [-0.15, -0.1) is 0 Å². The first kappa shape index (κ1) is 12.4. The van der Waals surface area contributed by atoms with Crippen molar-refractivity contribution in [2.45, 2.75) is 0 Å². The summed E-state index contributed by atoms with van der Waals surface area (Å²) >= 11 is 3.08. The summed E-state index contributed by atoms with van der Waals surface area (Å²) < 4.78 is 5.49. The second-order valence-corrected chi connectivity index (χ2v) is 4.05. The largest absolute Gasteiger partial charge is 0.444 e. The number of imidazole rings is 1. The van der Waals surface area contributed by atoms with E-state index in [0.29, 0.717) is 10.6 Å². The molecule has 0 aliphatic rings. The molecule has 2 heterocycles. The third kappa shape index (κ3) is 3.20. The summed E-state index contributed by atoms with van der Waals surface area (Å²) in [5.74, 6) is -0.387. The smallest absolute Gasteiger partial charge is 0.287 e. The number of H-pyrrole nitrogens is 1. The van der Waals surface area contributed by atoms with Crippen LogP contribution in [0.3, 0.4) is 0 Å². The summed E-state index contributed by atoms with van der Waals surface area (Å²) in [7, 11) is 0. The Balaban J connectivity index is 1.81. The van der Waals surface area contributed by atoms with Crippen LogP contribution in [0.5, 0.6) is 0 Å². The Labute approximate surface area is 110 Å². The Morgan fingerprint density at radius 2 is 2.28 bits per heavy atom. The average Bonchev–Trinajstić information content (AvgIpc) is 2.97. The van der Waals surface area contributed by atoms with Crippen LogP contribution < -0.4 is 10.6 Å². The van der Waals surface area contributed by atoms with Gasteiger partial charge in [0.1, 0.15) is 0 Å².